The molecule has 1 saturated heterocycles. The van der Waals surface area contributed by atoms with E-state index in [0.717, 1.165) is 19.5 Å². The number of hydrogen-bond acceptors (Lipinski definition) is 4. The number of aliphatic hydroxyl groups is 1. The first kappa shape index (κ1) is 15.4. The van der Waals surface area contributed by atoms with Crippen LogP contribution in [-0.4, -0.2) is 50.7 Å². The third kappa shape index (κ3) is 4.02. The Morgan fingerprint density at radius 1 is 1.40 bits per heavy atom. The summed E-state index contributed by atoms with van der Waals surface area (Å²) in [7, 11) is -3.41. The Labute approximate surface area is 120 Å². The lowest BCUT2D eigenvalue weighted by Crippen LogP contribution is -2.34. The average molecular weight is 298 g/mol. The molecule has 2 atom stereocenters. The van der Waals surface area contributed by atoms with Gasteiger partial charge in [-0.2, -0.15) is 0 Å². The van der Waals surface area contributed by atoms with E-state index in [1.165, 1.54) is 0 Å². The number of hydrogen-bond donors (Lipinski definition) is 2. The summed E-state index contributed by atoms with van der Waals surface area (Å²) in [4.78, 5) is 2.48. The summed E-state index contributed by atoms with van der Waals surface area (Å²) < 4.78 is 26.6. The van der Waals surface area contributed by atoms with E-state index in [-0.39, 0.29) is 6.10 Å². The Morgan fingerprint density at radius 2 is 2.10 bits per heavy atom. The van der Waals surface area contributed by atoms with Gasteiger partial charge >= 0.3 is 0 Å². The SMILES string of the molecule is CC(O)C1CCN(CCNS(=O)(=O)c2ccccc2)C1. The molecule has 112 valence electrons. The Kier molecular flexibility index (Phi) is 5.15. The molecule has 0 saturated carbocycles. The summed E-state index contributed by atoms with van der Waals surface area (Å²) in [6, 6.07) is 8.38. The molecule has 0 radical (unpaired) electrons. The molecule has 1 fully saturated rings. The molecule has 0 amide bonds. The second kappa shape index (κ2) is 6.67. The first-order valence-corrected chi connectivity index (χ1v) is 8.42. The van der Waals surface area contributed by atoms with Crippen LogP contribution in [0.3, 0.4) is 0 Å². The van der Waals surface area contributed by atoms with Crippen LogP contribution in [0.2, 0.25) is 0 Å². The van der Waals surface area contributed by atoms with Gasteiger partial charge in [-0.05, 0) is 37.9 Å². The van der Waals surface area contributed by atoms with Crippen molar-refractivity contribution < 1.29 is 13.5 Å². The molecule has 1 aliphatic heterocycles. The van der Waals surface area contributed by atoms with Crippen molar-refractivity contribution >= 4 is 10.0 Å². The summed E-state index contributed by atoms with van der Waals surface area (Å²) in [6.45, 7) is 4.64. The van der Waals surface area contributed by atoms with E-state index >= 15 is 0 Å². The fourth-order valence-corrected chi connectivity index (χ4v) is 3.52. The molecule has 0 aromatic heterocycles. The van der Waals surface area contributed by atoms with Gasteiger partial charge < -0.3 is 10.0 Å². The predicted molar refractivity (Wildman–Crippen MR) is 77.9 cm³/mol. The Balaban J connectivity index is 1.79. The van der Waals surface area contributed by atoms with Crippen molar-refractivity contribution in [3.8, 4) is 0 Å². The highest BCUT2D eigenvalue weighted by Crippen LogP contribution is 2.18. The van der Waals surface area contributed by atoms with Crippen molar-refractivity contribution in [1.29, 1.82) is 0 Å². The Hall–Kier alpha value is -0.950. The van der Waals surface area contributed by atoms with Crippen LogP contribution in [0.15, 0.2) is 35.2 Å². The highest BCUT2D eigenvalue weighted by atomic mass is 32.2. The minimum atomic E-state index is -3.41. The van der Waals surface area contributed by atoms with Crippen LogP contribution in [0.4, 0.5) is 0 Å². The van der Waals surface area contributed by atoms with Crippen molar-refractivity contribution in [3.63, 3.8) is 0 Å². The molecular weight excluding hydrogens is 276 g/mol. The van der Waals surface area contributed by atoms with Gasteiger partial charge in [0.05, 0.1) is 11.0 Å². The second-order valence-corrected chi connectivity index (χ2v) is 7.07. The standard InChI is InChI=1S/C14H22N2O3S/c1-12(17)13-7-9-16(11-13)10-8-15-20(18,19)14-5-3-2-4-6-14/h2-6,12-13,15,17H,7-11H2,1H3. The zero-order valence-electron chi connectivity index (χ0n) is 11.7. The number of sulfonamides is 1. The van der Waals surface area contributed by atoms with Crippen LogP contribution in [0.1, 0.15) is 13.3 Å². The second-order valence-electron chi connectivity index (χ2n) is 5.30. The van der Waals surface area contributed by atoms with Crippen LogP contribution < -0.4 is 4.72 Å². The number of likely N-dealkylation sites (tertiary alicyclic amines) is 1. The molecule has 5 nitrogen and oxygen atoms in total. The van der Waals surface area contributed by atoms with Gasteiger partial charge in [0.25, 0.3) is 0 Å². The molecule has 2 unspecified atom stereocenters. The van der Waals surface area contributed by atoms with Gasteiger partial charge in [0.1, 0.15) is 0 Å². The summed E-state index contributed by atoms with van der Waals surface area (Å²) in [5, 5.41) is 9.54. The molecule has 20 heavy (non-hydrogen) atoms. The number of benzene rings is 1. The summed E-state index contributed by atoms with van der Waals surface area (Å²) >= 11 is 0. The first-order chi connectivity index (χ1) is 9.49. The largest absolute Gasteiger partial charge is 0.393 e. The summed E-state index contributed by atoms with van der Waals surface area (Å²) in [5.41, 5.74) is 0. The van der Waals surface area contributed by atoms with Crippen molar-refractivity contribution in [2.45, 2.75) is 24.3 Å². The molecule has 2 rings (SSSR count). The van der Waals surface area contributed by atoms with Crippen molar-refractivity contribution in [3.05, 3.63) is 30.3 Å². The van der Waals surface area contributed by atoms with Crippen LogP contribution in [0.5, 0.6) is 0 Å². The molecule has 1 aromatic carbocycles. The van der Waals surface area contributed by atoms with Crippen molar-refractivity contribution in [1.82, 2.24) is 9.62 Å². The van der Waals surface area contributed by atoms with Crippen molar-refractivity contribution in [2.75, 3.05) is 26.2 Å². The molecular formula is C14H22N2O3S. The zero-order chi connectivity index (χ0) is 14.6. The van der Waals surface area contributed by atoms with Crippen LogP contribution in [0, 0.1) is 5.92 Å². The maximum absolute atomic E-state index is 12.0. The van der Waals surface area contributed by atoms with Gasteiger partial charge in [0, 0.05) is 19.6 Å². The molecule has 0 aliphatic carbocycles. The number of rotatable bonds is 6. The van der Waals surface area contributed by atoms with E-state index in [1.54, 1.807) is 30.3 Å². The fraction of sp³-hybridized carbons (Fsp3) is 0.571. The summed E-state index contributed by atoms with van der Waals surface area (Å²) in [6.07, 6.45) is 0.685. The molecule has 1 heterocycles. The molecule has 0 spiro atoms. The lowest BCUT2D eigenvalue weighted by molar-refractivity contribution is 0.128. The van der Waals surface area contributed by atoms with E-state index < -0.39 is 10.0 Å². The minimum absolute atomic E-state index is 0.291. The average Bonchev–Trinajstić information content (AvgIpc) is 2.89. The van der Waals surface area contributed by atoms with Crippen LogP contribution >= 0.6 is 0 Å². The number of nitrogens with one attached hydrogen (secondary N) is 1. The van der Waals surface area contributed by atoms with Crippen molar-refractivity contribution in [2.24, 2.45) is 5.92 Å². The maximum atomic E-state index is 12.0. The van der Waals surface area contributed by atoms with Gasteiger partial charge in [0.15, 0.2) is 0 Å². The monoisotopic (exact) mass is 298 g/mol. The maximum Gasteiger partial charge on any atom is 0.240 e. The third-order valence-corrected chi connectivity index (χ3v) is 5.24. The Morgan fingerprint density at radius 3 is 2.70 bits per heavy atom. The molecule has 6 heteroatoms. The topological polar surface area (TPSA) is 69.6 Å². The Bertz CT molecular complexity index is 516. The lowest BCUT2D eigenvalue weighted by atomic mass is 10.0. The molecule has 1 aromatic rings. The highest BCUT2D eigenvalue weighted by Gasteiger charge is 2.25. The first-order valence-electron chi connectivity index (χ1n) is 6.94. The fourth-order valence-electron chi connectivity index (χ4n) is 2.48. The van der Waals surface area contributed by atoms with E-state index in [9.17, 15) is 13.5 Å². The number of nitrogens with zero attached hydrogens (tertiary/aromatic N) is 1. The van der Waals surface area contributed by atoms with Gasteiger partial charge in [-0.15, -0.1) is 0 Å². The van der Waals surface area contributed by atoms with E-state index in [4.69, 9.17) is 0 Å². The third-order valence-electron chi connectivity index (χ3n) is 3.76. The quantitative estimate of drug-likeness (QED) is 0.810. The lowest BCUT2D eigenvalue weighted by Gasteiger charge is -2.17. The molecule has 0 bridgehead atoms. The van der Waals surface area contributed by atoms with Gasteiger partial charge in [-0.3, -0.25) is 0 Å². The molecule has 1 aliphatic rings. The molecule has 2 N–H and O–H groups in total. The van der Waals surface area contributed by atoms with Gasteiger partial charge in [-0.1, -0.05) is 18.2 Å². The zero-order valence-corrected chi connectivity index (χ0v) is 12.5. The van der Waals surface area contributed by atoms with Crippen LogP contribution in [-0.2, 0) is 10.0 Å². The van der Waals surface area contributed by atoms with E-state index in [1.807, 2.05) is 6.92 Å². The number of aliphatic hydroxyl groups excluding tert-OH is 1. The van der Waals surface area contributed by atoms with Crippen LogP contribution in [0.25, 0.3) is 0 Å². The smallest absolute Gasteiger partial charge is 0.240 e. The van der Waals surface area contributed by atoms with E-state index in [2.05, 4.69) is 9.62 Å². The van der Waals surface area contributed by atoms with Gasteiger partial charge in [-0.25, -0.2) is 13.1 Å². The minimum Gasteiger partial charge on any atom is -0.393 e. The summed E-state index contributed by atoms with van der Waals surface area (Å²) in [5.74, 6) is 0.306. The van der Waals surface area contributed by atoms with Gasteiger partial charge in [0.2, 0.25) is 10.0 Å². The predicted octanol–water partition coefficient (Wildman–Crippen LogP) is 0.668. The van der Waals surface area contributed by atoms with E-state index in [0.29, 0.717) is 23.9 Å². The normalized spacial score (nSPS) is 22.0. The highest BCUT2D eigenvalue weighted by molar-refractivity contribution is 7.89.